The van der Waals surface area contributed by atoms with Gasteiger partial charge < -0.3 is 10.2 Å². The average molecular weight is 325 g/mol. The molecule has 0 bridgehead atoms. The van der Waals surface area contributed by atoms with Crippen molar-refractivity contribution in [2.45, 2.75) is 6.54 Å². The minimum Gasteiger partial charge on any atom is -0.380 e. The number of rotatable bonds is 5. The predicted molar refractivity (Wildman–Crippen MR) is 76.9 cm³/mol. The number of tetrazole rings is 1. The third kappa shape index (κ3) is 3.27. The Labute approximate surface area is 127 Å². The monoisotopic (exact) mass is 324 g/mol. The molecule has 0 saturated carbocycles. The van der Waals surface area contributed by atoms with Crippen LogP contribution in [0.2, 0.25) is 4.47 Å². The fraction of sp³-hybridized carbons (Fsp3) is 0.0909. The van der Waals surface area contributed by atoms with Crippen LogP contribution in [-0.4, -0.2) is 30.4 Å². The molecular formula is C11H9ClN6O2S. The maximum absolute atomic E-state index is 8.86. The molecule has 0 aliphatic rings. The standard InChI is InChI=1S/C11H9ClN6O2S/c12-11-14-5-10(21-11)4-13-7-1-8(3-9(2-7)20-19)18-6-15-16-17-18/h1-3,5-6,13,19H,4H2. The molecule has 2 N–H and O–H groups in total. The molecule has 0 unspecified atom stereocenters. The summed E-state index contributed by atoms with van der Waals surface area (Å²) in [4.78, 5) is 9.25. The van der Waals surface area contributed by atoms with Gasteiger partial charge in [-0.2, -0.15) is 0 Å². The normalized spacial score (nSPS) is 10.6. The number of aromatic nitrogens is 5. The molecule has 108 valence electrons. The van der Waals surface area contributed by atoms with Gasteiger partial charge in [0.25, 0.3) is 0 Å². The summed E-state index contributed by atoms with van der Waals surface area (Å²) < 4.78 is 1.95. The van der Waals surface area contributed by atoms with E-state index in [4.69, 9.17) is 16.9 Å². The van der Waals surface area contributed by atoms with Crippen LogP contribution in [-0.2, 0) is 6.54 Å². The van der Waals surface area contributed by atoms with Crippen LogP contribution in [0, 0.1) is 0 Å². The summed E-state index contributed by atoms with van der Waals surface area (Å²) in [5, 5.41) is 23.0. The fourth-order valence-corrected chi connectivity index (χ4v) is 2.62. The van der Waals surface area contributed by atoms with Crippen LogP contribution in [0.1, 0.15) is 4.88 Å². The van der Waals surface area contributed by atoms with Gasteiger partial charge >= 0.3 is 0 Å². The summed E-state index contributed by atoms with van der Waals surface area (Å²) >= 11 is 7.18. The van der Waals surface area contributed by atoms with E-state index in [1.54, 1.807) is 18.3 Å². The number of hydrogen-bond acceptors (Lipinski definition) is 8. The molecule has 0 aliphatic carbocycles. The predicted octanol–water partition coefficient (Wildman–Crippen LogP) is 2.24. The number of nitrogens with one attached hydrogen (secondary N) is 1. The molecule has 2 heterocycles. The van der Waals surface area contributed by atoms with Crippen LogP contribution in [0.25, 0.3) is 5.69 Å². The SMILES string of the molecule is OOc1cc(NCc2cnc(Cl)s2)cc(-n2cnnn2)c1. The van der Waals surface area contributed by atoms with Crippen molar-refractivity contribution in [2.75, 3.05) is 5.32 Å². The van der Waals surface area contributed by atoms with Crippen molar-refractivity contribution in [1.82, 2.24) is 25.2 Å². The van der Waals surface area contributed by atoms with Gasteiger partial charge in [0.15, 0.2) is 10.2 Å². The van der Waals surface area contributed by atoms with E-state index in [2.05, 4.69) is 30.7 Å². The first kappa shape index (κ1) is 13.7. The molecule has 0 aliphatic heterocycles. The number of halogens is 1. The maximum atomic E-state index is 8.86. The lowest BCUT2D eigenvalue weighted by molar-refractivity contribution is -0.137. The van der Waals surface area contributed by atoms with Crippen LogP contribution < -0.4 is 10.2 Å². The molecule has 0 amide bonds. The lowest BCUT2D eigenvalue weighted by Crippen LogP contribution is -2.01. The van der Waals surface area contributed by atoms with Gasteiger partial charge in [0.2, 0.25) is 0 Å². The summed E-state index contributed by atoms with van der Waals surface area (Å²) in [7, 11) is 0. The zero-order valence-corrected chi connectivity index (χ0v) is 12.0. The van der Waals surface area contributed by atoms with E-state index in [1.807, 2.05) is 6.07 Å². The highest BCUT2D eigenvalue weighted by molar-refractivity contribution is 7.15. The third-order valence-corrected chi connectivity index (χ3v) is 3.72. The van der Waals surface area contributed by atoms with Gasteiger partial charge in [0.1, 0.15) is 6.33 Å². The Hall–Kier alpha value is -2.23. The quantitative estimate of drug-likeness (QED) is 0.548. The van der Waals surface area contributed by atoms with Crippen LogP contribution in [0.5, 0.6) is 5.75 Å². The molecule has 3 rings (SSSR count). The summed E-state index contributed by atoms with van der Waals surface area (Å²) in [6.45, 7) is 0.550. The number of hydrogen-bond donors (Lipinski definition) is 2. The fourth-order valence-electron chi connectivity index (χ4n) is 1.70. The van der Waals surface area contributed by atoms with Crippen molar-refractivity contribution < 1.29 is 10.1 Å². The number of nitrogens with zero attached hydrogens (tertiary/aromatic N) is 5. The largest absolute Gasteiger partial charge is 0.380 e. The summed E-state index contributed by atoms with van der Waals surface area (Å²) in [6, 6.07) is 5.07. The van der Waals surface area contributed by atoms with E-state index >= 15 is 0 Å². The average Bonchev–Trinajstić information content (AvgIpc) is 3.16. The lowest BCUT2D eigenvalue weighted by Gasteiger charge is -2.09. The van der Waals surface area contributed by atoms with Crippen molar-refractivity contribution in [3.8, 4) is 11.4 Å². The highest BCUT2D eigenvalue weighted by atomic mass is 35.5. The van der Waals surface area contributed by atoms with E-state index in [0.717, 1.165) is 10.6 Å². The molecular weight excluding hydrogens is 316 g/mol. The summed E-state index contributed by atoms with van der Waals surface area (Å²) in [5.41, 5.74) is 1.38. The molecule has 0 spiro atoms. The molecule has 0 saturated heterocycles. The second-order valence-electron chi connectivity index (χ2n) is 3.99. The first-order valence-corrected chi connectivity index (χ1v) is 6.98. The smallest absolute Gasteiger partial charge is 0.183 e. The van der Waals surface area contributed by atoms with Crippen molar-refractivity contribution in [3.05, 3.63) is 40.1 Å². The topological polar surface area (TPSA) is 98.0 Å². The zero-order valence-electron chi connectivity index (χ0n) is 10.5. The molecule has 0 fully saturated rings. The molecule has 0 radical (unpaired) electrons. The first-order chi connectivity index (χ1) is 10.2. The summed E-state index contributed by atoms with van der Waals surface area (Å²) in [6.07, 6.45) is 3.15. The number of benzene rings is 1. The van der Waals surface area contributed by atoms with Crippen LogP contribution in [0.4, 0.5) is 5.69 Å². The van der Waals surface area contributed by atoms with Gasteiger partial charge in [-0.15, -0.1) is 16.4 Å². The van der Waals surface area contributed by atoms with Crippen LogP contribution >= 0.6 is 22.9 Å². The van der Waals surface area contributed by atoms with E-state index in [9.17, 15) is 0 Å². The van der Waals surface area contributed by atoms with Gasteiger partial charge in [-0.3, -0.25) is 0 Å². The highest BCUT2D eigenvalue weighted by Crippen LogP contribution is 2.24. The van der Waals surface area contributed by atoms with Gasteiger partial charge in [-0.05, 0) is 16.5 Å². The Morgan fingerprint density at radius 2 is 2.29 bits per heavy atom. The second-order valence-corrected chi connectivity index (χ2v) is 5.69. The van der Waals surface area contributed by atoms with E-state index in [-0.39, 0.29) is 5.75 Å². The number of anilines is 1. The third-order valence-electron chi connectivity index (χ3n) is 2.60. The zero-order chi connectivity index (χ0) is 14.7. The maximum Gasteiger partial charge on any atom is 0.183 e. The van der Waals surface area contributed by atoms with Crippen molar-refractivity contribution >= 4 is 28.6 Å². The molecule has 3 aromatic rings. The van der Waals surface area contributed by atoms with Gasteiger partial charge in [0.05, 0.1) is 12.2 Å². The van der Waals surface area contributed by atoms with E-state index in [1.165, 1.54) is 22.3 Å². The molecule has 8 nitrogen and oxygen atoms in total. The Bertz CT molecular complexity index is 732. The Morgan fingerprint density at radius 3 is 2.95 bits per heavy atom. The minimum atomic E-state index is 0.271. The molecule has 1 aromatic carbocycles. The Balaban J connectivity index is 1.82. The van der Waals surface area contributed by atoms with Crippen molar-refractivity contribution in [3.63, 3.8) is 0 Å². The van der Waals surface area contributed by atoms with Crippen LogP contribution in [0.15, 0.2) is 30.7 Å². The first-order valence-electron chi connectivity index (χ1n) is 5.78. The van der Waals surface area contributed by atoms with Crippen molar-refractivity contribution in [1.29, 1.82) is 0 Å². The lowest BCUT2D eigenvalue weighted by atomic mass is 10.2. The molecule has 2 aromatic heterocycles. The summed E-state index contributed by atoms with van der Waals surface area (Å²) in [5.74, 6) is 0.271. The minimum absolute atomic E-state index is 0.271. The van der Waals surface area contributed by atoms with Gasteiger partial charge in [-0.1, -0.05) is 11.6 Å². The Morgan fingerprint density at radius 1 is 1.38 bits per heavy atom. The van der Waals surface area contributed by atoms with Gasteiger partial charge in [-0.25, -0.2) is 14.9 Å². The highest BCUT2D eigenvalue weighted by Gasteiger charge is 2.06. The van der Waals surface area contributed by atoms with E-state index < -0.39 is 0 Å². The molecule has 21 heavy (non-hydrogen) atoms. The van der Waals surface area contributed by atoms with Gasteiger partial charge in [0, 0.05) is 28.9 Å². The molecule has 0 atom stereocenters. The second kappa shape index (κ2) is 6.04. The van der Waals surface area contributed by atoms with Crippen LogP contribution in [0.3, 0.4) is 0 Å². The number of thiazole rings is 1. The van der Waals surface area contributed by atoms with Crippen molar-refractivity contribution in [2.24, 2.45) is 0 Å². The Kier molecular flexibility index (Phi) is 3.95. The van der Waals surface area contributed by atoms with E-state index in [0.29, 0.717) is 16.7 Å². The molecule has 10 heteroatoms.